The van der Waals surface area contributed by atoms with Crippen molar-refractivity contribution in [1.82, 2.24) is 29.7 Å². The maximum Gasteiger partial charge on any atom is 0.410 e. The van der Waals surface area contributed by atoms with E-state index in [2.05, 4.69) is 60.0 Å². The molecule has 0 saturated carbocycles. The first-order valence-electron chi connectivity index (χ1n) is 16.1. The van der Waals surface area contributed by atoms with Gasteiger partial charge in [0.15, 0.2) is 0 Å². The molecule has 0 aliphatic carbocycles. The number of rotatable bonds is 5. The van der Waals surface area contributed by atoms with Crippen LogP contribution in [0.5, 0.6) is 0 Å². The summed E-state index contributed by atoms with van der Waals surface area (Å²) >= 11 is 0. The Morgan fingerprint density at radius 1 is 0.957 bits per heavy atom. The van der Waals surface area contributed by atoms with Crippen molar-refractivity contribution in [3.8, 4) is 33.6 Å². The van der Waals surface area contributed by atoms with Gasteiger partial charge in [-0.1, -0.05) is 57.2 Å². The van der Waals surface area contributed by atoms with E-state index in [1.165, 1.54) is 0 Å². The second kappa shape index (κ2) is 11.6. The molecule has 2 aliphatic heterocycles. The zero-order valence-corrected chi connectivity index (χ0v) is 27.6. The van der Waals surface area contributed by atoms with E-state index in [1.807, 2.05) is 57.4 Å². The van der Waals surface area contributed by atoms with Crippen LogP contribution in [0.25, 0.3) is 33.6 Å². The lowest BCUT2D eigenvalue weighted by atomic mass is 9.71. The number of benzene rings is 2. The summed E-state index contributed by atoms with van der Waals surface area (Å²) in [6.45, 7) is 13.0. The van der Waals surface area contributed by atoms with Crippen LogP contribution < -0.4 is 0 Å². The molecular weight excluding hydrogens is 580 g/mol. The molecule has 2 aromatic heterocycles. The maximum absolute atomic E-state index is 12.9. The van der Waals surface area contributed by atoms with Gasteiger partial charge in [-0.2, -0.15) is 0 Å². The van der Waals surface area contributed by atoms with E-state index in [9.17, 15) is 14.7 Å². The van der Waals surface area contributed by atoms with Crippen molar-refractivity contribution in [2.24, 2.45) is 5.41 Å². The van der Waals surface area contributed by atoms with Gasteiger partial charge in [0, 0.05) is 30.4 Å². The average molecular weight is 625 g/mol. The predicted molar refractivity (Wildman–Crippen MR) is 177 cm³/mol. The highest BCUT2D eigenvalue weighted by atomic mass is 16.6. The number of aromatic amines is 2. The smallest absolute Gasteiger partial charge is 0.410 e. The summed E-state index contributed by atoms with van der Waals surface area (Å²) in [5.74, 6) is 1.45. The quantitative estimate of drug-likeness (QED) is 0.205. The zero-order valence-electron chi connectivity index (χ0n) is 27.6. The number of nitrogens with zero attached hydrogens (tertiary/aromatic N) is 4. The Morgan fingerprint density at radius 3 is 2.30 bits per heavy atom. The average Bonchev–Trinajstić information content (AvgIpc) is 3.81. The molecule has 2 saturated heterocycles. The van der Waals surface area contributed by atoms with Crippen molar-refractivity contribution in [2.75, 3.05) is 13.1 Å². The lowest BCUT2D eigenvalue weighted by molar-refractivity contribution is 0.0214. The largest absolute Gasteiger partial charge is 0.465 e. The molecule has 0 spiro atoms. The summed E-state index contributed by atoms with van der Waals surface area (Å²) in [4.78, 5) is 44.9. The zero-order chi connectivity index (χ0) is 32.9. The summed E-state index contributed by atoms with van der Waals surface area (Å²) in [7, 11) is 0. The van der Waals surface area contributed by atoms with Gasteiger partial charge in [0.2, 0.25) is 0 Å². The van der Waals surface area contributed by atoms with E-state index in [0.29, 0.717) is 18.9 Å². The Hall–Kier alpha value is -4.60. The number of H-pyrrole nitrogens is 2. The summed E-state index contributed by atoms with van der Waals surface area (Å²) in [6, 6.07) is 16.4. The Balaban J connectivity index is 1.25. The van der Waals surface area contributed by atoms with Gasteiger partial charge in [0.1, 0.15) is 22.8 Å². The highest BCUT2D eigenvalue weighted by Gasteiger charge is 2.55. The summed E-state index contributed by atoms with van der Waals surface area (Å²) < 4.78 is 5.65. The molecule has 6 rings (SSSR count). The standard InChI is InChI=1S/C36H44N6O4/c1-34(2,3)36(16-10-18-42(36)32(43)44)31-38-22-28(40-31)26-14-8-12-24(20-26)23-11-7-13-25(19-23)27-21-37-30(39-27)29-15-9-17-41(29)33(45)46-35(4,5)6/h7-8,11-14,19-22,29H,9-10,15-18H2,1-6H3,(H,37,39)(H,38,40)(H,43,44)/t29-,36+/m0/s1. The maximum atomic E-state index is 12.9. The molecule has 0 unspecified atom stereocenters. The van der Waals surface area contributed by atoms with Gasteiger partial charge in [0.25, 0.3) is 0 Å². The fraction of sp³-hybridized carbons (Fsp3) is 0.444. The first-order valence-corrected chi connectivity index (χ1v) is 16.1. The molecule has 10 heteroatoms. The van der Waals surface area contributed by atoms with Crippen LogP contribution in [0.3, 0.4) is 0 Å². The summed E-state index contributed by atoms with van der Waals surface area (Å²) in [6.07, 6.45) is 5.74. The van der Waals surface area contributed by atoms with E-state index >= 15 is 0 Å². The highest BCUT2D eigenvalue weighted by Crippen LogP contribution is 2.50. The molecule has 10 nitrogen and oxygen atoms in total. The molecule has 2 amide bonds. The number of carboxylic acid groups (broad SMARTS) is 1. The monoisotopic (exact) mass is 624 g/mol. The van der Waals surface area contributed by atoms with E-state index in [1.54, 1.807) is 9.80 Å². The van der Waals surface area contributed by atoms with E-state index in [4.69, 9.17) is 9.72 Å². The first-order chi connectivity index (χ1) is 21.8. The number of carbonyl (C=O) groups is 2. The molecule has 2 aliphatic rings. The Morgan fingerprint density at radius 2 is 1.63 bits per heavy atom. The number of hydrogen-bond donors (Lipinski definition) is 3. The highest BCUT2D eigenvalue weighted by molar-refractivity contribution is 5.75. The summed E-state index contributed by atoms with van der Waals surface area (Å²) in [5, 5.41) is 10.0. The minimum atomic E-state index is -0.916. The number of carbonyl (C=O) groups excluding carboxylic acids is 1. The Labute approximate surface area is 270 Å². The van der Waals surface area contributed by atoms with Gasteiger partial charge < -0.3 is 19.8 Å². The number of hydrogen-bond acceptors (Lipinski definition) is 5. The molecular formula is C36H44N6O4. The van der Waals surface area contributed by atoms with Crippen LogP contribution in [0.4, 0.5) is 9.59 Å². The number of imidazole rings is 2. The number of aromatic nitrogens is 4. The topological polar surface area (TPSA) is 127 Å². The molecule has 242 valence electrons. The Kier molecular flexibility index (Phi) is 7.94. The number of ether oxygens (including phenoxy) is 1. The third kappa shape index (κ3) is 5.76. The molecule has 4 heterocycles. The fourth-order valence-electron chi connectivity index (χ4n) is 7.11. The van der Waals surface area contributed by atoms with Crippen LogP contribution in [0, 0.1) is 5.41 Å². The summed E-state index contributed by atoms with van der Waals surface area (Å²) in [5.41, 5.74) is 4.05. The molecule has 2 aromatic carbocycles. The number of nitrogens with one attached hydrogen (secondary N) is 2. The van der Waals surface area contributed by atoms with E-state index in [-0.39, 0.29) is 17.6 Å². The number of likely N-dealkylation sites (tertiary alicyclic amines) is 2. The van der Waals surface area contributed by atoms with Crippen molar-refractivity contribution in [3.05, 3.63) is 72.6 Å². The van der Waals surface area contributed by atoms with Crippen molar-refractivity contribution >= 4 is 12.2 Å². The van der Waals surface area contributed by atoms with Gasteiger partial charge in [-0.15, -0.1) is 0 Å². The van der Waals surface area contributed by atoms with Crippen LogP contribution >= 0.6 is 0 Å². The molecule has 2 fully saturated rings. The molecule has 0 radical (unpaired) electrons. The van der Waals surface area contributed by atoms with Crippen molar-refractivity contribution in [2.45, 2.75) is 84.4 Å². The van der Waals surface area contributed by atoms with Crippen LogP contribution in [0.1, 0.15) is 84.9 Å². The molecule has 4 aromatic rings. The third-order valence-electron chi connectivity index (χ3n) is 9.28. The van der Waals surface area contributed by atoms with E-state index in [0.717, 1.165) is 65.1 Å². The van der Waals surface area contributed by atoms with Crippen LogP contribution in [0.15, 0.2) is 60.9 Å². The van der Waals surface area contributed by atoms with Crippen molar-refractivity contribution in [3.63, 3.8) is 0 Å². The third-order valence-corrected chi connectivity index (χ3v) is 9.28. The van der Waals surface area contributed by atoms with Crippen LogP contribution in [0.2, 0.25) is 0 Å². The van der Waals surface area contributed by atoms with Gasteiger partial charge in [0.05, 0.1) is 23.6 Å². The normalized spacial score (nSPS) is 20.3. The Bertz CT molecular complexity index is 1740. The van der Waals surface area contributed by atoms with Crippen molar-refractivity contribution in [1.29, 1.82) is 0 Å². The van der Waals surface area contributed by atoms with Gasteiger partial charge in [-0.3, -0.25) is 9.80 Å². The molecule has 2 atom stereocenters. The predicted octanol–water partition coefficient (Wildman–Crippen LogP) is 8.22. The second-order valence-electron chi connectivity index (χ2n) is 14.5. The second-order valence-corrected chi connectivity index (χ2v) is 14.5. The lowest BCUT2D eigenvalue weighted by Gasteiger charge is -2.45. The van der Waals surface area contributed by atoms with Gasteiger partial charge in [-0.05, 0) is 75.1 Å². The molecule has 0 bridgehead atoms. The van der Waals surface area contributed by atoms with Crippen LogP contribution in [-0.4, -0.2) is 65.7 Å². The first kappa shape index (κ1) is 31.4. The number of amides is 2. The minimum Gasteiger partial charge on any atom is -0.465 e. The van der Waals surface area contributed by atoms with Gasteiger partial charge >= 0.3 is 12.2 Å². The van der Waals surface area contributed by atoms with Crippen LogP contribution in [-0.2, 0) is 10.3 Å². The van der Waals surface area contributed by atoms with Crippen molar-refractivity contribution < 1.29 is 19.4 Å². The molecule has 46 heavy (non-hydrogen) atoms. The minimum absolute atomic E-state index is 0.147. The molecule has 3 N–H and O–H groups in total. The lowest BCUT2D eigenvalue weighted by Crippen LogP contribution is -2.53. The van der Waals surface area contributed by atoms with Gasteiger partial charge in [-0.25, -0.2) is 19.6 Å². The SMILES string of the molecule is CC(C)(C)OC(=O)N1CCC[C@H]1c1ncc(-c2cccc(-c3cccc(-c4c[nH]c([C@@]5(C(C)(C)C)CCCN5C(=O)O)n4)c3)c2)[nH]1. The van der Waals surface area contributed by atoms with E-state index < -0.39 is 17.2 Å². The fourth-order valence-corrected chi connectivity index (χ4v) is 7.11.